The van der Waals surface area contributed by atoms with E-state index in [1.807, 2.05) is 25.2 Å². The van der Waals surface area contributed by atoms with Gasteiger partial charge in [0.2, 0.25) is 0 Å². The van der Waals surface area contributed by atoms with Crippen molar-refractivity contribution in [3.8, 4) is 0 Å². The summed E-state index contributed by atoms with van der Waals surface area (Å²) in [5, 5.41) is 2.74. The second kappa shape index (κ2) is 6.37. The van der Waals surface area contributed by atoms with E-state index < -0.39 is 18.0 Å². The molecule has 1 unspecified atom stereocenters. The van der Waals surface area contributed by atoms with E-state index in [0.717, 1.165) is 10.5 Å². The van der Waals surface area contributed by atoms with Crippen LogP contribution in [0, 0.1) is 0 Å². The average molecular weight is 271 g/mol. The van der Waals surface area contributed by atoms with Crippen LogP contribution >= 0.6 is 11.6 Å². The SMILES string of the molecule is C[C@H](C(=O)NC(N)=O)[NH+](C)Cc1ccccc1Cl. The van der Waals surface area contributed by atoms with Gasteiger partial charge >= 0.3 is 6.03 Å². The highest BCUT2D eigenvalue weighted by atomic mass is 35.5. The number of benzene rings is 1. The molecule has 0 aliphatic heterocycles. The highest BCUT2D eigenvalue weighted by molar-refractivity contribution is 6.31. The molecule has 2 atom stereocenters. The van der Waals surface area contributed by atoms with Crippen LogP contribution in [-0.2, 0) is 11.3 Å². The zero-order valence-electron chi connectivity index (χ0n) is 10.4. The van der Waals surface area contributed by atoms with Crippen LogP contribution in [0.4, 0.5) is 4.79 Å². The number of nitrogens with one attached hydrogen (secondary N) is 2. The van der Waals surface area contributed by atoms with Crippen molar-refractivity contribution in [3.63, 3.8) is 0 Å². The van der Waals surface area contributed by atoms with Gasteiger partial charge in [0, 0.05) is 10.6 Å². The number of likely N-dealkylation sites (N-methyl/N-ethyl adjacent to an activating group) is 1. The van der Waals surface area contributed by atoms with Gasteiger partial charge in [-0.3, -0.25) is 10.1 Å². The monoisotopic (exact) mass is 270 g/mol. The maximum Gasteiger partial charge on any atom is 0.319 e. The van der Waals surface area contributed by atoms with Crippen molar-refractivity contribution in [1.29, 1.82) is 0 Å². The summed E-state index contributed by atoms with van der Waals surface area (Å²) in [4.78, 5) is 23.1. The zero-order chi connectivity index (χ0) is 13.7. The predicted molar refractivity (Wildman–Crippen MR) is 69.2 cm³/mol. The molecule has 1 aromatic rings. The first-order chi connectivity index (χ1) is 8.41. The number of rotatable bonds is 4. The van der Waals surface area contributed by atoms with Crippen molar-refractivity contribution < 1.29 is 14.5 Å². The molecule has 0 bridgehead atoms. The van der Waals surface area contributed by atoms with Gasteiger partial charge in [0.25, 0.3) is 5.91 Å². The average Bonchev–Trinajstić information content (AvgIpc) is 2.30. The van der Waals surface area contributed by atoms with Crippen LogP contribution in [0.5, 0.6) is 0 Å². The second-order valence-electron chi connectivity index (χ2n) is 4.19. The van der Waals surface area contributed by atoms with E-state index in [-0.39, 0.29) is 0 Å². The second-order valence-corrected chi connectivity index (χ2v) is 4.60. The number of hydrogen-bond acceptors (Lipinski definition) is 2. The van der Waals surface area contributed by atoms with Crippen molar-refractivity contribution in [3.05, 3.63) is 34.9 Å². The number of hydrogen-bond donors (Lipinski definition) is 3. The van der Waals surface area contributed by atoms with Crippen molar-refractivity contribution in [1.82, 2.24) is 5.32 Å². The number of imide groups is 1. The zero-order valence-corrected chi connectivity index (χ0v) is 11.1. The fourth-order valence-electron chi connectivity index (χ4n) is 1.55. The highest BCUT2D eigenvalue weighted by Crippen LogP contribution is 2.13. The molecular formula is C12H17ClN3O2+. The Balaban J connectivity index is 2.65. The molecule has 6 heteroatoms. The van der Waals surface area contributed by atoms with Crippen LogP contribution in [0.2, 0.25) is 5.02 Å². The molecule has 0 aliphatic rings. The fourth-order valence-corrected chi connectivity index (χ4v) is 1.75. The number of quaternary nitrogens is 1. The Labute approximate surface area is 111 Å². The Hall–Kier alpha value is -1.59. The molecule has 5 nitrogen and oxygen atoms in total. The summed E-state index contributed by atoms with van der Waals surface area (Å²) in [7, 11) is 1.86. The normalized spacial score (nSPS) is 13.7. The minimum Gasteiger partial charge on any atom is -0.351 e. The van der Waals surface area contributed by atoms with E-state index in [1.54, 1.807) is 13.0 Å². The minimum atomic E-state index is -0.836. The van der Waals surface area contributed by atoms with Crippen LogP contribution in [0.3, 0.4) is 0 Å². The molecule has 0 aromatic heterocycles. The summed E-state index contributed by atoms with van der Waals surface area (Å²) < 4.78 is 0. The van der Waals surface area contributed by atoms with E-state index in [9.17, 15) is 9.59 Å². The predicted octanol–water partition coefficient (Wildman–Crippen LogP) is -0.0619. The summed E-state index contributed by atoms with van der Waals surface area (Å²) >= 11 is 6.05. The molecule has 1 rings (SSSR count). The fraction of sp³-hybridized carbons (Fsp3) is 0.333. The van der Waals surface area contributed by atoms with E-state index in [2.05, 4.69) is 5.32 Å². The Bertz CT molecular complexity index is 451. The molecule has 0 radical (unpaired) electrons. The van der Waals surface area contributed by atoms with Crippen LogP contribution < -0.4 is 16.0 Å². The van der Waals surface area contributed by atoms with E-state index in [0.29, 0.717) is 11.6 Å². The standard InChI is InChI=1S/C12H16ClN3O2/c1-8(11(17)15-12(14)18)16(2)7-9-5-3-4-6-10(9)13/h3-6,8H,7H2,1-2H3,(H3,14,15,17,18)/p+1/t8-/m1/s1. The van der Waals surface area contributed by atoms with Gasteiger partial charge in [-0.05, 0) is 13.0 Å². The van der Waals surface area contributed by atoms with Crippen LogP contribution in [-0.4, -0.2) is 25.0 Å². The van der Waals surface area contributed by atoms with Crippen LogP contribution in [0.15, 0.2) is 24.3 Å². The lowest BCUT2D eigenvalue weighted by Crippen LogP contribution is -3.12. The Morgan fingerprint density at radius 2 is 2.06 bits per heavy atom. The quantitative estimate of drug-likeness (QED) is 0.717. The first kappa shape index (κ1) is 14.5. The molecule has 0 saturated heterocycles. The molecule has 4 N–H and O–H groups in total. The summed E-state index contributed by atoms with van der Waals surface area (Å²) in [6.45, 7) is 2.32. The molecule has 0 saturated carbocycles. The van der Waals surface area contributed by atoms with Crippen molar-refractivity contribution in [2.45, 2.75) is 19.5 Å². The number of amides is 3. The van der Waals surface area contributed by atoms with Crippen molar-refractivity contribution >= 4 is 23.5 Å². The van der Waals surface area contributed by atoms with Gasteiger partial charge in [0.15, 0.2) is 6.04 Å². The lowest BCUT2D eigenvalue weighted by molar-refractivity contribution is -0.908. The van der Waals surface area contributed by atoms with Gasteiger partial charge in [-0.1, -0.05) is 29.8 Å². The third kappa shape index (κ3) is 4.01. The molecule has 98 valence electrons. The number of nitrogens with two attached hydrogens (primary N) is 1. The van der Waals surface area contributed by atoms with Gasteiger partial charge in [0.1, 0.15) is 6.54 Å². The van der Waals surface area contributed by atoms with Gasteiger partial charge in [-0.2, -0.15) is 0 Å². The van der Waals surface area contributed by atoms with Gasteiger partial charge in [-0.15, -0.1) is 0 Å². The maximum absolute atomic E-state index is 11.6. The molecule has 3 amide bonds. The highest BCUT2D eigenvalue weighted by Gasteiger charge is 2.23. The van der Waals surface area contributed by atoms with Crippen molar-refractivity contribution in [2.75, 3.05) is 7.05 Å². The first-order valence-electron chi connectivity index (χ1n) is 5.58. The molecule has 0 heterocycles. The third-order valence-corrected chi connectivity index (χ3v) is 3.17. The Morgan fingerprint density at radius 3 is 2.61 bits per heavy atom. The first-order valence-corrected chi connectivity index (χ1v) is 5.95. The van der Waals surface area contributed by atoms with Crippen LogP contribution in [0.25, 0.3) is 0 Å². The number of urea groups is 1. The minimum absolute atomic E-state index is 0.395. The smallest absolute Gasteiger partial charge is 0.319 e. The molecule has 0 fully saturated rings. The Morgan fingerprint density at radius 1 is 1.44 bits per heavy atom. The maximum atomic E-state index is 11.6. The van der Waals surface area contributed by atoms with E-state index in [4.69, 9.17) is 17.3 Å². The van der Waals surface area contributed by atoms with E-state index in [1.165, 1.54) is 0 Å². The van der Waals surface area contributed by atoms with Gasteiger partial charge in [-0.25, -0.2) is 4.79 Å². The molecular weight excluding hydrogens is 254 g/mol. The lowest BCUT2D eigenvalue weighted by atomic mass is 10.2. The third-order valence-electron chi connectivity index (χ3n) is 2.81. The molecule has 1 aromatic carbocycles. The Kier molecular flexibility index (Phi) is 5.12. The van der Waals surface area contributed by atoms with E-state index >= 15 is 0 Å². The van der Waals surface area contributed by atoms with Gasteiger partial charge in [0.05, 0.1) is 7.05 Å². The molecule has 18 heavy (non-hydrogen) atoms. The van der Waals surface area contributed by atoms with Gasteiger partial charge < -0.3 is 10.6 Å². The lowest BCUT2D eigenvalue weighted by Gasteiger charge is -2.20. The molecule has 0 aliphatic carbocycles. The summed E-state index contributed by atoms with van der Waals surface area (Å²) in [6, 6.07) is 6.22. The largest absolute Gasteiger partial charge is 0.351 e. The summed E-state index contributed by atoms with van der Waals surface area (Å²) in [6.07, 6.45) is 0. The topological polar surface area (TPSA) is 76.6 Å². The molecule has 0 spiro atoms. The van der Waals surface area contributed by atoms with Crippen LogP contribution in [0.1, 0.15) is 12.5 Å². The summed E-state index contributed by atoms with van der Waals surface area (Å²) in [5.41, 5.74) is 5.86. The number of primary amides is 1. The number of carbonyl (C=O) groups is 2. The summed E-state index contributed by atoms with van der Waals surface area (Å²) in [5.74, 6) is -0.396. The number of halogens is 1. The number of carbonyl (C=O) groups excluding carboxylic acids is 2. The van der Waals surface area contributed by atoms with Crippen molar-refractivity contribution in [2.24, 2.45) is 5.73 Å².